The van der Waals surface area contributed by atoms with Crippen LogP contribution in [0.3, 0.4) is 0 Å². The van der Waals surface area contributed by atoms with Crippen LogP contribution in [0.4, 0.5) is 0 Å². The quantitative estimate of drug-likeness (QED) is 0.742. The summed E-state index contributed by atoms with van der Waals surface area (Å²) < 4.78 is 5.15. The number of ether oxygens (including phenoxy) is 1. The molecule has 0 bridgehead atoms. The number of likely N-dealkylation sites (tertiary alicyclic amines) is 2. The molecule has 2 rings (SSSR count). The molecular formula is C16H28N2O3. The molecule has 1 amide bonds. The number of carbonyl (C=O) groups excluding carboxylic acids is 2. The van der Waals surface area contributed by atoms with Crippen molar-refractivity contribution in [2.45, 2.75) is 64.5 Å². The van der Waals surface area contributed by atoms with Crippen LogP contribution >= 0.6 is 0 Å². The van der Waals surface area contributed by atoms with Crippen molar-refractivity contribution in [1.29, 1.82) is 0 Å². The Kier molecular flexibility index (Phi) is 6.03. The average molecular weight is 296 g/mol. The Balaban J connectivity index is 1.98. The summed E-state index contributed by atoms with van der Waals surface area (Å²) in [5, 5.41) is 0. The highest BCUT2D eigenvalue weighted by Crippen LogP contribution is 2.23. The van der Waals surface area contributed by atoms with Gasteiger partial charge in [-0.3, -0.25) is 14.5 Å². The second-order valence-electron chi connectivity index (χ2n) is 6.06. The lowest BCUT2D eigenvalue weighted by molar-refractivity contribution is -0.150. The number of hydrogen-bond donors (Lipinski definition) is 0. The first kappa shape index (κ1) is 16.3. The average Bonchev–Trinajstić information content (AvgIpc) is 2.81. The van der Waals surface area contributed by atoms with E-state index in [1.54, 1.807) is 0 Å². The van der Waals surface area contributed by atoms with Crippen LogP contribution in [0.5, 0.6) is 0 Å². The first-order valence-corrected chi connectivity index (χ1v) is 8.36. The lowest BCUT2D eigenvalue weighted by Gasteiger charge is -2.32. The molecule has 0 aromatic rings. The van der Waals surface area contributed by atoms with Gasteiger partial charge in [0.25, 0.3) is 0 Å². The number of nitrogens with zero attached hydrogens (tertiary/aromatic N) is 2. The SMILES string of the molecule is CCOC(=O)C1CCCN1C(C)C(=O)N1CCCCCC1. The maximum atomic E-state index is 12.7. The molecule has 0 saturated carbocycles. The van der Waals surface area contributed by atoms with E-state index >= 15 is 0 Å². The normalized spacial score (nSPS) is 25.4. The molecule has 2 aliphatic heterocycles. The van der Waals surface area contributed by atoms with Crippen molar-refractivity contribution in [3.8, 4) is 0 Å². The third-order valence-corrected chi connectivity index (χ3v) is 4.63. The Hall–Kier alpha value is -1.10. The minimum atomic E-state index is -0.240. The smallest absolute Gasteiger partial charge is 0.323 e. The molecule has 5 nitrogen and oxygen atoms in total. The van der Waals surface area contributed by atoms with E-state index in [0.717, 1.165) is 45.3 Å². The van der Waals surface area contributed by atoms with E-state index in [1.807, 2.05) is 23.6 Å². The van der Waals surface area contributed by atoms with Gasteiger partial charge >= 0.3 is 5.97 Å². The maximum absolute atomic E-state index is 12.7. The summed E-state index contributed by atoms with van der Waals surface area (Å²) in [7, 11) is 0. The Morgan fingerprint density at radius 2 is 1.76 bits per heavy atom. The Bertz CT molecular complexity index is 365. The topological polar surface area (TPSA) is 49.9 Å². The van der Waals surface area contributed by atoms with E-state index in [1.165, 1.54) is 12.8 Å². The first-order chi connectivity index (χ1) is 10.1. The molecule has 2 saturated heterocycles. The first-order valence-electron chi connectivity index (χ1n) is 8.36. The van der Waals surface area contributed by atoms with Gasteiger partial charge in [-0.05, 0) is 46.1 Å². The van der Waals surface area contributed by atoms with E-state index in [0.29, 0.717) is 6.61 Å². The molecule has 2 unspecified atom stereocenters. The fourth-order valence-corrected chi connectivity index (χ4v) is 3.44. The summed E-state index contributed by atoms with van der Waals surface area (Å²) >= 11 is 0. The van der Waals surface area contributed by atoms with Crippen molar-refractivity contribution in [2.75, 3.05) is 26.2 Å². The lowest BCUT2D eigenvalue weighted by Crippen LogP contribution is -2.51. The van der Waals surface area contributed by atoms with Crippen LogP contribution in [-0.2, 0) is 14.3 Å². The van der Waals surface area contributed by atoms with Gasteiger partial charge < -0.3 is 9.64 Å². The van der Waals surface area contributed by atoms with Crippen LogP contribution < -0.4 is 0 Å². The van der Waals surface area contributed by atoms with Crippen molar-refractivity contribution < 1.29 is 14.3 Å². The number of hydrogen-bond acceptors (Lipinski definition) is 4. The standard InChI is InChI=1S/C16H28N2O3/c1-3-21-16(20)14-9-8-12-18(14)13(2)15(19)17-10-6-4-5-7-11-17/h13-14H,3-12H2,1-2H3. The van der Waals surface area contributed by atoms with Gasteiger partial charge in [0.15, 0.2) is 0 Å². The molecule has 0 aliphatic carbocycles. The number of rotatable bonds is 4. The molecule has 5 heteroatoms. The van der Waals surface area contributed by atoms with Gasteiger partial charge in [-0.2, -0.15) is 0 Å². The highest BCUT2D eigenvalue weighted by atomic mass is 16.5. The highest BCUT2D eigenvalue weighted by Gasteiger charge is 2.38. The van der Waals surface area contributed by atoms with Crippen molar-refractivity contribution >= 4 is 11.9 Å². The summed E-state index contributed by atoms with van der Waals surface area (Å²) in [5.41, 5.74) is 0. The largest absolute Gasteiger partial charge is 0.465 e. The van der Waals surface area contributed by atoms with Gasteiger partial charge in [-0.1, -0.05) is 12.8 Å². The van der Waals surface area contributed by atoms with E-state index in [-0.39, 0.29) is 24.0 Å². The zero-order valence-corrected chi connectivity index (χ0v) is 13.3. The minimum Gasteiger partial charge on any atom is -0.465 e. The van der Waals surface area contributed by atoms with Crippen LogP contribution in [0.15, 0.2) is 0 Å². The van der Waals surface area contributed by atoms with E-state index in [2.05, 4.69) is 0 Å². The van der Waals surface area contributed by atoms with Crippen molar-refractivity contribution in [2.24, 2.45) is 0 Å². The van der Waals surface area contributed by atoms with E-state index < -0.39 is 0 Å². The summed E-state index contributed by atoms with van der Waals surface area (Å²) in [6.45, 7) is 6.69. The molecule has 21 heavy (non-hydrogen) atoms. The molecule has 0 radical (unpaired) electrons. The second-order valence-corrected chi connectivity index (χ2v) is 6.06. The summed E-state index contributed by atoms with van der Waals surface area (Å²) in [6, 6.07) is -0.462. The van der Waals surface area contributed by atoms with E-state index in [4.69, 9.17) is 4.74 Å². The molecule has 120 valence electrons. The molecule has 0 aromatic heterocycles. The van der Waals surface area contributed by atoms with Crippen LogP contribution in [0.2, 0.25) is 0 Å². The molecule has 2 fully saturated rings. The van der Waals surface area contributed by atoms with Crippen LogP contribution in [0.25, 0.3) is 0 Å². The Morgan fingerprint density at radius 1 is 1.10 bits per heavy atom. The van der Waals surface area contributed by atoms with Gasteiger partial charge in [-0.15, -0.1) is 0 Å². The molecule has 2 heterocycles. The zero-order valence-electron chi connectivity index (χ0n) is 13.3. The number of esters is 1. The Morgan fingerprint density at radius 3 is 2.38 bits per heavy atom. The summed E-state index contributed by atoms with van der Waals surface area (Å²) in [4.78, 5) is 28.7. The number of amides is 1. The fraction of sp³-hybridized carbons (Fsp3) is 0.875. The van der Waals surface area contributed by atoms with Crippen molar-refractivity contribution in [1.82, 2.24) is 9.80 Å². The van der Waals surface area contributed by atoms with Gasteiger partial charge in [0.05, 0.1) is 12.6 Å². The lowest BCUT2D eigenvalue weighted by atomic mass is 10.1. The summed E-state index contributed by atoms with van der Waals surface area (Å²) in [6.07, 6.45) is 6.39. The predicted octanol–water partition coefficient (Wildman–Crippen LogP) is 1.80. The fourth-order valence-electron chi connectivity index (χ4n) is 3.44. The van der Waals surface area contributed by atoms with Crippen LogP contribution in [0, 0.1) is 0 Å². The molecular weight excluding hydrogens is 268 g/mol. The molecule has 0 aromatic carbocycles. The van der Waals surface area contributed by atoms with E-state index in [9.17, 15) is 9.59 Å². The van der Waals surface area contributed by atoms with Gasteiger partial charge in [0.1, 0.15) is 6.04 Å². The Labute approximate surface area is 127 Å². The number of carbonyl (C=O) groups is 2. The molecule has 2 aliphatic rings. The molecule has 2 atom stereocenters. The molecule has 0 N–H and O–H groups in total. The zero-order chi connectivity index (χ0) is 15.2. The van der Waals surface area contributed by atoms with Gasteiger partial charge in [0.2, 0.25) is 5.91 Å². The van der Waals surface area contributed by atoms with Crippen molar-refractivity contribution in [3.05, 3.63) is 0 Å². The second kappa shape index (κ2) is 7.78. The third-order valence-electron chi connectivity index (χ3n) is 4.63. The van der Waals surface area contributed by atoms with Crippen LogP contribution in [0.1, 0.15) is 52.4 Å². The predicted molar refractivity (Wildman–Crippen MR) is 80.9 cm³/mol. The molecule has 0 spiro atoms. The van der Waals surface area contributed by atoms with Gasteiger partial charge in [0, 0.05) is 13.1 Å². The van der Waals surface area contributed by atoms with Crippen LogP contribution in [-0.4, -0.2) is 60.0 Å². The van der Waals surface area contributed by atoms with Crippen molar-refractivity contribution in [3.63, 3.8) is 0 Å². The highest BCUT2D eigenvalue weighted by molar-refractivity contribution is 5.83. The monoisotopic (exact) mass is 296 g/mol. The van der Waals surface area contributed by atoms with Gasteiger partial charge in [-0.25, -0.2) is 0 Å². The summed E-state index contributed by atoms with van der Waals surface area (Å²) in [5.74, 6) is -0.00128. The third kappa shape index (κ3) is 3.96. The maximum Gasteiger partial charge on any atom is 0.323 e. The minimum absolute atomic E-state index is 0.174.